The number of aryl methyl sites for hydroxylation is 1. The van der Waals surface area contributed by atoms with Gasteiger partial charge >= 0.3 is 0 Å². The smallest absolute Gasteiger partial charge is 0.193 e. The van der Waals surface area contributed by atoms with E-state index in [1.165, 1.54) is 0 Å². The molecule has 142 valence electrons. The number of hydrogen-bond donors (Lipinski definition) is 2. The number of likely N-dealkylation sites (tertiary alicyclic amines) is 1. The highest BCUT2D eigenvalue weighted by molar-refractivity contribution is 14.0. The first-order valence-electron chi connectivity index (χ1n) is 8.35. The van der Waals surface area contributed by atoms with Gasteiger partial charge in [-0.15, -0.1) is 24.0 Å². The van der Waals surface area contributed by atoms with Crippen LogP contribution in [0.2, 0.25) is 0 Å². The monoisotopic (exact) mass is 476 g/mol. The van der Waals surface area contributed by atoms with Crippen molar-refractivity contribution in [3.63, 3.8) is 0 Å². The van der Waals surface area contributed by atoms with Crippen molar-refractivity contribution in [3.05, 3.63) is 53.5 Å². The number of nitrogens with two attached hydrogens (primary N) is 1. The summed E-state index contributed by atoms with van der Waals surface area (Å²) in [6, 6.07) is 7.00. The van der Waals surface area contributed by atoms with Crippen molar-refractivity contribution < 1.29 is 13.2 Å². The lowest BCUT2D eigenvalue weighted by Crippen LogP contribution is -2.30. The number of halogens is 3. The number of hydrogen-bond acceptors (Lipinski definition) is 3. The molecule has 8 heteroatoms. The van der Waals surface area contributed by atoms with Crippen LogP contribution in [0.3, 0.4) is 0 Å². The predicted molar refractivity (Wildman–Crippen MR) is 109 cm³/mol. The number of nitrogens with zero attached hydrogens (tertiary/aromatic N) is 2. The summed E-state index contributed by atoms with van der Waals surface area (Å²) < 4.78 is 32.7. The van der Waals surface area contributed by atoms with E-state index in [1.54, 1.807) is 0 Å². The van der Waals surface area contributed by atoms with Crippen LogP contribution in [0.15, 0.2) is 39.7 Å². The van der Waals surface area contributed by atoms with Crippen molar-refractivity contribution in [3.8, 4) is 0 Å². The Morgan fingerprint density at radius 2 is 2.00 bits per heavy atom. The van der Waals surface area contributed by atoms with Crippen molar-refractivity contribution in [2.45, 2.75) is 25.8 Å². The maximum atomic E-state index is 13.7. The van der Waals surface area contributed by atoms with Gasteiger partial charge in [-0.1, -0.05) is 0 Å². The Kier molecular flexibility index (Phi) is 7.39. The second-order valence-corrected chi connectivity index (χ2v) is 6.18. The van der Waals surface area contributed by atoms with Crippen LogP contribution in [0.4, 0.5) is 14.5 Å². The molecule has 0 radical (unpaired) electrons. The molecule has 1 aromatic heterocycles. The van der Waals surface area contributed by atoms with Crippen LogP contribution in [0.25, 0.3) is 0 Å². The Balaban J connectivity index is 0.00000243. The third kappa shape index (κ3) is 5.16. The van der Waals surface area contributed by atoms with Crippen molar-refractivity contribution in [1.29, 1.82) is 0 Å². The zero-order valence-electron chi connectivity index (χ0n) is 14.5. The Morgan fingerprint density at radius 1 is 1.27 bits per heavy atom. The molecule has 3 rings (SSSR count). The van der Waals surface area contributed by atoms with Gasteiger partial charge in [0, 0.05) is 6.07 Å². The molecule has 5 nitrogen and oxygen atoms in total. The van der Waals surface area contributed by atoms with Gasteiger partial charge in [0.2, 0.25) is 0 Å². The molecule has 3 N–H and O–H groups in total. The van der Waals surface area contributed by atoms with E-state index in [1.807, 2.05) is 19.1 Å². The number of guanidine groups is 1. The van der Waals surface area contributed by atoms with Gasteiger partial charge in [0.25, 0.3) is 0 Å². The molecule has 0 amide bonds. The van der Waals surface area contributed by atoms with Crippen LogP contribution in [0.1, 0.15) is 30.4 Å². The average molecular weight is 476 g/mol. The van der Waals surface area contributed by atoms with E-state index in [2.05, 4.69) is 15.2 Å². The number of furan rings is 1. The van der Waals surface area contributed by atoms with Crippen molar-refractivity contribution >= 4 is 35.6 Å². The predicted octanol–water partition coefficient (Wildman–Crippen LogP) is 4.05. The van der Waals surface area contributed by atoms with E-state index < -0.39 is 11.6 Å². The largest absolute Gasteiger partial charge is 0.465 e. The summed E-state index contributed by atoms with van der Waals surface area (Å²) in [5, 5.41) is 2.62. The average Bonchev–Trinajstić information content (AvgIpc) is 3.24. The molecule has 26 heavy (non-hydrogen) atoms. The highest BCUT2D eigenvalue weighted by atomic mass is 127. The fourth-order valence-corrected chi connectivity index (χ4v) is 3.03. The number of benzene rings is 1. The fraction of sp³-hybridized carbons (Fsp3) is 0.389. The summed E-state index contributed by atoms with van der Waals surface area (Å²) >= 11 is 0. The molecule has 1 fully saturated rings. The first-order valence-corrected chi connectivity index (χ1v) is 8.35. The Bertz CT molecular complexity index is 759. The van der Waals surface area contributed by atoms with E-state index in [9.17, 15) is 8.78 Å². The van der Waals surface area contributed by atoms with Gasteiger partial charge in [-0.05, 0) is 57.1 Å². The normalized spacial score (nSPS) is 16.3. The molecular formula is C18H23F2IN4O. The van der Waals surface area contributed by atoms with Crippen LogP contribution in [-0.4, -0.2) is 30.5 Å². The standard InChI is InChI=1S/C18H22F2N4O.HI/c1-12-4-7-17(25-12)16(24-8-2-3-9-24)11-22-18(21)23-15-10-13(19)5-6-14(15)20;/h4-7,10,16H,2-3,8-9,11H2,1H3,(H3,21,22,23);1H. The summed E-state index contributed by atoms with van der Waals surface area (Å²) in [4.78, 5) is 6.62. The van der Waals surface area contributed by atoms with Crippen LogP contribution in [0.5, 0.6) is 0 Å². The number of nitrogens with one attached hydrogen (secondary N) is 1. The third-order valence-corrected chi connectivity index (χ3v) is 4.30. The van der Waals surface area contributed by atoms with Gasteiger partial charge in [-0.3, -0.25) is 9.89 Å². The van der Waals surface area contributed by atoms with Gasteiger partial charge < -0.3 is 15.5 Å². The van der Waals surface area contributed by atoms with E-state index >= 15 is 0 Å². The molecule has 2 heterocycles. The van der Waals surface area contributed by atoms with Crippen molar-refractivity contribution in [2.75, 3.05) is 25.0 Å². The molecule has 2 aromatic rings. The number of anilines is 1. The fourth-order valence-electron chi connectivity index (χ4n) is 3.03. The van der Waals surface area contributed by atoms with Gasteiger partial charge in [-0.2, -0.15) is 0 Å². The first-order chi connectivity index (χ1) is 12.0. The quantitative estimate of drug-likeness (QED) is 0.389. The molecule has 0 saturated carbocycles. The molecule has 1 unspecified atom stereocenters. The lowest BCUT2D eigenvalue weighted by molar-refractivity contribution is 0.219. The third-order valence-electron chi connectivity index (χ3n) is 4.30. The van der Waals surface area contributed by atoms with Crippen molar-refractivity contribution in [1.82, 2.24) is 4.90 Å². The summed E-state index contributed by atoms with van der Waals surface area (Å²) in [6.07, 6.45) is 2.28. The number of aliphatic imine (C=N–C) groups is 1. The van der Waals surface area contributed by atoms with Gasteiger partial charge in [0.05, 0.1) is 18.3 Å². The second-order valence-electron chi connectivity index (χ2n) is 6.18. The van der Waals surface area contributed by atoms with Gasteiger partial charge in [0.1, 0.15) is 23.2 Å². The maximum Gasteiger partial charge on any atom is 0.193 e. The molecule has 0 aliphatic carbocycles. The minimum absolute atomic E-state index is 0. The highest BCUT2D eigenvalue weighted by Crippen LogP contribution is 2.27. The van der Waals surface area contributed by atoms with E-state index in [-0.39, 0.29) is 41.7 Å². The van der Waals surface area contributed by atoms with Crippen molar-refractivity contribution in [2.24, 2.45) is 10.7 Å². The zero-order chi connectivity index (χ0) is 17.8. The maximum absolute atomic E-state index is 13.7. The van der Waals surface area contributed by atoms with Crippen LogP contribution >= 0.6 is 24.0 Å². The lowest BCUT2D eigenvalue weighted by Gasteiger charge is -2.24. The molecular weight excluding hydrogens is 453 g/mol. The van der Waals surface area contributed by atoms with Crippen LogP contribution < -0.4 is 11.1 Å². The van der Waals surface area contributed by atoms with Crippen LogP contribution in [-0.2, 0) is 0 Å². The molecule has 1 aliphatic heterocycles. The van der Waals surface area contributed by atoms with Gasteiger partial charge in [0.15, 0.2) is 5.96 Å². The lowest BCUT2D eigenvalue weighted by atomic mass is 10.2. The van der Waals surface area contributed by atoms with E-state index in [4.69, 9.17) is 10.2 Å². The van der Waals surface area contributed by atoms with Crippen LogP contribution in [0, 0.1) is 18.6 Å². The minimum Gasteiger partial charge on any atom is -0.465 e. The second kappa shape index (κ2) is 9.31. The summed E-state index contributed by atoms with van der Waals surface area (Å²) in [7, 11) is 0. The number of rotatable bonds is 5. The highest BCUT2D eigenvalue weighted by Gasteiger charge is 2.25. The SMILES string of the molecule is Cc1ccc(C(CN=C(N)Nc2cc(F)ccc2F)N2CCCC2)o1.I. The minimum atomic E-state index is -0.586. The summed E-state index contributed by atoms with van der Waals surface area (Å²) in [5.41, 5.74) is 5.82. The molecule has 0 bridgehead atoms. The Morgan fingerprint density at radius 3 is 2.65 bits per heavy atom. The molecule has 1 atom stereocenters. The zero-order valence-corrected chi connectivity index (χ0v) is 16.9. The first kappa shape index (κ1) is 20.6. The molecule has 1 saturated heterocycles. The van der Waals surface area contributed by atoms with E-state index in [0.29, 0.717) is 6.54 Å². The molecule has 0 spiro atoms. The topological polar surface area (TPSA) is 66.8 Å². The van der Waals surface area contributed by atoms with E-state index in [0.717, 1.165) is 55.7 Å². The Labute approximate surface area is 168 Å². The molecule has 1 aliphatic rings. The summed E-state index contributed by atoms with van der Waals surface area (Å²) in [5.74, 6) is 0.593. The summed E-state index contributed by atoms with van der Waals surface area (Å²) in [6.45, 7) is 4.23. The van der Waals surface area contributed by atoms with Gasteiger partial charge in [-0.25, -0.2) is 8.78 Å². The Hall–Kier alpha value is -1.68. The molecule has 1 aromatic carbocycles.